The number of nitrogens with zero attached hydrogens (tertiary/aromatic N) is 1. The zero-order chi connectivity index (χ0) is 10.6. The molecule has 1 aromatic heterocycles. The minimum absolute atomic E-state index is 0.0370. The second-order valence-corrected chi connectivity index (χ2v) is 3.81. The van der Waals surface area contributed by atoms with E-state index in [9.17, 15) is 4.79 Å². The first kappa shape index (κ1) is 10.9. The van der Waals surface area contributed by atoms with Gasteiger partial charge in [0.15, 0.2) is 0 Å². The van der Waals surface area contributed by atoms with Gasteiger partial charge >= 0.3 is 0 Å². The highest BCUT2D eigenvalue weighted by atomic mass is 16.1. The summed E-state index contributed by atoms with van der Waals surface area (Å²) in [6, 6.07) is 0. The molecule has 0 saturated carbocycles. The van der Waals surface area contributed by atoms with Crippen LogP contribution in [0.4, 0.5) is 0 Å². The van der Waals surface area contributed by atoms with Gasteiger partial charge in [-0.1, -0.05) is 13.8 Å². The first-order valence-electron chi connectivity index (χ1n) is 4.85. The largest absolute Gasteiger partial charge is 0.315 e. The highest BCUT2D eigenvalue weighted by molar-refractivity contribution is 5.05. The lowest BCUT2D eigenvalue weighted by Crippen LogP contribution is -2.21. The normalized spacial score (nSPS) is 10.9. The monoisotopic (exact) mass is 195 g/mol. The van der Waals surface area contributed by atoms with Crippen LogP contribution in [0.5, 0.6) is 0 Å². The van der Waals surface area contributed by atoms with Crippen LogP contribution >= 0.6 is 0 Å². The van der Waals surface area contributed by atoms with Gasteiger partial charge in [-0.15, -0.1) is 0 Å². The van der Waals surface area contributed by atoms with Gasteiger partial charge in [-0.3, -0.25) is 4.79 Å². The van der Waals surface area contributed by atoms with Crippen LogP contribution in [-0.2, 0) is 13.0 Å². The summed E-state index contributed by atoms with van der Waals surface area (Å²) in [6.07, 6.45) is 2.46. The van der Waals surface area contributed by atoms with Crippen LogP contribution < -0.4 is 10.9 Å². The number of aromatic nitrogens is 2. The third-order valence-electron chi connectivity index (χ3n) is 1.89. The van der Waals surface area contributed by atoms with Gasteiger partial charge in [-0.25, -0.2) is 4.98 Å². The molecule has 0 aliphatic rings. The van der Waals surface area contributed by atoms with Crippen molar-refractivity contribution in [1.82, 2.24) is 15.3 Å². The van der Waals surface area contributed by atoms with E-state index in [2.05, 4.69) is 29.1 Å². The molecule has 4 heteroatoms. The van der Waals surface area contributed by atoms with Crippen LogP contribution in [0.2, 0.25) is 0 Å². The van der Waals surface area contributed by atoms with Crippen LogP contribution in [-0.4, -0.2) is 17.0 Å². The number of hydrogen-bond acceptors (Lipinski definition) is 3. The average molecular weight is 195 g/mol. The third kappa shape index (κ3) is 2.96. The average Bonchev–Trinajstić information content (AvgIpc) is 2.09. The van der Waals surface area contributed by atoms with Gasteiger partial charge in [-0.05, 0) is 13.0 Å². The Morgan fingerprint density at radius 3 is 2.79 bits per heavy atom. The van der Waals surface area contributed by atoms with E-state index < -0.39 is 0 Å². The molecule has 1 aromatic rings. The van der Waals surface area contributed by atoms with Gasteiger partial charge in [0.25, 0.3) is 5.56 Å². The zero-order valence-electron chi connectivity index (χ0n) is 8.92. The molecule has 0 atom stereocenters. The van der Waals surface area contributed by atoms with E-state index in [0.29, 0.717) is 18.0 Å². The Labute approximate surface area is 83.8 Å². The second-order valence-electron chi connectivity index (χ2n) is 3.81. The maximum absolute atomic E-state index is 11.5. The summed E-state index contributed by atoms with van der Waals surface area (Å²) in [6.45, 7) is 4.76. The molecular weight excluding hydrogens is 178 g/mol. The molecule has 0 amide bonds. The smallest absolute Gasteiger partial charge is 0.255 e. The number of nitrogens with one attached hydrogen (secondary N) is 2. The van der Waals surface area contributed by atoms with Crippen molar-refractivity contribution in [3.63, 3.8) is 0 Å². The molecule has 0 unspecified atom stereocenters. The van der Waals surface area contributed by atoms with Crippen LogP contribution in [0, 0.1) is 5.92 Å². The Morgan fingerprint density at radius 1 is 1.57 bits per heavy atom. The van der Waals surface area contributed by atoms with Crippen molar-refractivity contribution in [3.8, 4) is 0 Å². The summed E-state index contributed by atoms with van der Waals surface area (Å²) in [5.74, 6) is 1.28. The Bertz CT molecular complexity index is 343. The minimum atomic E-state index is -0.0370. The number of rotatable bonds is 4. The van der Waals surface area contributed by atoms with Crippen molar-refractivity contribution in [3.05, 3.63) is 27.9 Å². The Hall–Kier alpha value is -1.16. The summed E-state index contributed by atoms with van der Waals surface area (Å²) in [5, 5.41) is 2.93. The van der Waals surface area contributed by atoms with Crippen LogP contribution in [0.25, 0.3) is 0 Å². The van der Waals surface area contributed by atoms with E-state index in [1.165, 1.54) is 0 Å². The van der Waals surface area contributed by atoms with Crippen molar-refractivity contribution in [2.75, 3.05) is 7.05 Å². The predicted molar refractivity (Wildman–Crippen MR) is 56.2 cm³/mol. The molecule has 4 nitrogen and oxygen atoms in total. The molecule has 1 rings (SSSR count). The highest BCUT2D eigenvalue weighted by Gasteiger charge is 2.03. The first-order chi connectivity index (χ1) is 6.63. The lowest BCUT2D eigenvalue weighted by molar-refractivity contribution is 0.616. The van der Waals surface area contributed by atoms with Gasteiger partial charge in [0.2, 0.25) is 0 Å². The first-order valence-corrected chi connectivity index (χ1v) is 4.85. The lowest BCUT2D eigenvalue weighted by Gasteiger charge is -2.04. The van der Waals surface area contributed by atoms with Crippen molar-refractivity contribution in [2.45, 2.75) is 26.8 Å². The molecule has 0 radical (unpaired) electrons. The molecule has 0 fully saturated rings. The summed E-state index contributed by atoms with van der Waals surface area (Å²) < 4.78 is 0. The van der Waals surface area contributed by atoms with Crippen LogP contribution in [0.15, 0.2) is 11.0 Å². The quantitative estimate of drug-likeness (QED) is 0.743. The van der Waals surface area contributed by atoms with Crippen LogP contribution in [0.1, 0.15) is 25.2 Å². The molecule has 0 aromatic carbocycles. The van der Waals surface area contributed by atoms with Crippen molar-refractivity contribution in [2.24, 2.45) is 5.92 Å². The Balaban J connectivity index is 2.84. The Morgan fingerprint density at radius 2 is 2.29 bits per heavy atom. The molecule has 78 valence electrons. The minimum Gasteiger partial charge on any atom is -0.315 e. The van der Waals surface area contributed by atoms with E-state index in [1.54, 1.807) is 6.20 Å². The Kier molecular flexibility index (Phi) is 3.83. The fraction of sp³-hybridized carbons (Fsp3) is 0.600. The van der Waals surface area contributed by atoms with Crippen molar-refractivity contribution < 1.29 is 0 Å². The van der Waals surface area contributed by atoms with Gasteiger partial charge in [0.05, 0.1) is 0 Å². The fourth-order valence-corrected chi connectivity index (χ4v) is 1.26. The molecular formula is C10H17N3O. The molecule has 1 heterocycles. The summed E-state index contributed by atoms with van der Waals surface area (Å²) in [7, 11) is 1.81. The molecule has 2 N–H and O–H groups in total. The van der Waals surface area contributed by atoms with E-state index >= 15 is 0 Å². The fourth-order valence-electron chi connectivity index (χ4n) is 1.26. The van der Waals surface area contributed by atoms with E-state index in [-0.39, 0.29) is 5.56 Å². The summed E-state index contributed by atoms with van der Waals surface area (Å²) >= 11 is 0. The van der Waals surface area contributed by atoms with E-state index in [0.717, 1.165) is 12.2 Å². The molecule has 0 aliphatic heterocycles. The maximum Gasteiger partial charge on any atom is 0.255 e. The SMILES string of the molecule is CNCc1cnc(CC(C)C)[nH]c1=O. The van der Waals surface area contributed by atoms with Gasteiger partial charge < -0.3 is 10.3 Å². The molecule has 0 saturated heterocycles. The molecule has 0 bridgehead atoms. The maximum atomic E-state index is 11.5. The van der Waals surface area contributed by atoms with E-state index in [1.807, 2.05) is 7.05 Å². The number of hydrogen-bond donors (Lipinski definition) is 2. The van der Waals surface area contributed by atoms with Crippen molar-refractivity contribution >= 4 is 0 Å². The van der Waals surface area contributed by atoms with Gasteiger partial charge in [-0.2, -0.15) is 0 Å². The zero-order valence-corrected chi connectivity index (χ0v) is 8.92. The standard InChI is InChI=1S/C10H17N3O/c1-7(2)4-9-12-6-8(5-11-3)10(14)13-9/h6-7,11H,4-5H2,1-3H3,(H,12,13,14). The summed E-state index contributed by atoms with van der Waals surface area (Å²) in [4.78, 5) is 18.5. The molecule has 14 heavy (non-hydrogen) atoms. The second kappa shape index (κ2) is 4.91. The number of H-pyrrole nitrogens is 1. The predicted octanol–water partition coefficient (Wildman–Crippen LogP) is 0.688. The molecule has 0 aliphatic carbocycles. The topological polar surface area (TPSA) is 57.8 Å². The lowest BCUT2D eigenvalue weighted by atomic mass is 10.1. The summed E-state index contributed by atoms with van der Waals surface area (Å²) in [5.41, 5.74) is 0.644. The van der Waals surface area contributed by atoms with Gasteiger partial charge in [0.1, 0.15) is 5.82 Å². The third-order valence-corrected chi connectivity index (χ3v) is 1.89. The van der Waals surface area contributed by atoms with Crippen LogP contribution in [0.3, 0.4) is 0 Å². The molecule has 0 spiro atoms. The number of aromatic amines is 1. The van der Waals surface area contributed by atoms with Gasteiger partial charge in [0, 0.05) is 24.7 Å². The highest BCUT2D eigenvalue weighted by Crippen LogP contribution is 2.00. The van der Waals surface area contributed by atoms with E-state index in [4.69, 9.17) is 0 Å². The van der Waals surface area contributed by atoms with Crippen molar-refractivity contribution in [1.29, 1.82) is 0 Å².